The summed E-state index contributed by atoms with van der Waals surface area (Å²) in [7, 11) is -3.30. The number of nitrogens with one attached hydrogen (secondary N) is 1. The first-order chi connectivity index (χ1) is 8.89. The zero-order valence-corrected chi connectivity index (χ0v) is 13.4. The van der Waals surface area contributed by atoms with Gasteiger partial charge in [0.2, 0.25) is 10.0 Å². The second-order valence-corrected chi connectivity index (χ2v) is 7.72. The predicted octanol–water partition coefficient (Wildman–Crippen LogP) is 1.25. The second-order valence-electron chi connectivity index (χ2n) is 4.94. The van der Waals surface area contributed by atoms with Gasteiger partial charge in [-0.1, -0.05) is 0 Å². The Kier molecular flexibility index (Phi) is 6.62. The number of hydrogen-bond acceptors (Lipinski definition) is 5. The van der Waals surface area contributed by atoms with Crippen LogP contribution in [0.4, 0.5) is 0 Å². The molecule has 0 spiro atoms. The lowest BCUT2D eigenvalue weighted by atomic mass is 10.3. The van der Waals surface area contributed by atoms with Gasteiger partial charge in [0.1, 0.15) is 0 Å². The molecule has 1 N–H and O–H groups in total. The van der Waals surface area contributed by atoms with Crippen molar-refractivity contribution in [2.45, 2.75) is 32.7 Å². The Labute approximate surface area is 119 Å². The lowest BCUT2D eigenvalue weighted by Gasteiger charge is -2.13. The topological polar surface area (TPSA) is 72.5 Å². The van der Waals surface area contributed by atoms with Crippen molar-refractivity contribution in [3.05, 3.63) is 0 Å². The lowest BCUT2D eigenvalue weighted by molar-refractivity contribution is -0.144. The first kappa shape index (κ1) is 16.8. The van der Waals surface area contributed by atoms with E-state index >= 15 is 0 Å². The quantitative estimate of drug-likeness (QED) is 0.649. The Hall–Kier alpha value is -0.270. The summed E-state index contributed by atoms with van der Waals surface area (Å²) in [6.07, 6.45) is 3.43. The molecule has 0 radical (unpaired) electrons. The summed E-state index contributed by atoms with van der Waals surface area (Å²) in [6, 6.07) is -0.0581. The minimum Gasteiger partial charge on any atom is -0.466 e. The van der Waals surface area contributed by atoms with Crippen molar-refractivity contribution in [3.63, 3.8) is 0 Å². The Morgan fingerprint density at radius 1 is 1.53 bits per heavy atom. The van der Waals surface area contributed by atoms with Crippen LogP contribution >= 0.6 is 11.8 Å². The third-order valence-corrected chi connectivity index (χ3v) is 5.35. The highest BCUT2D eigenvalue weighted by molar-refractivity contribution is 7.98. The van der Waals surface area contributed by atoms with Gasteiger partial charge in [-0.3, -0.25) is 4.79 Å². The van der Waals surface area contributed by atoms with Gasteiger partial charge in [0.05, 0.1) is 18.3 Å². The van der Waals surface area contributed by atoms with Crippen LogP contribution in [0.5, 0.6) is 0 Å². The number of ether oxygens (including phenoxy) is 1. The molecule has 1 unspecified atom stereocenters. The molecule has 0 bridgehead atoms. The molecule has 0 aromatic heterocycles. The van der Waals surface area contributed by atoms with Gasteiger partial charge < -0.3 is 4.74 Å². The van der Waals surface area contributed by atoms with Crippen LogP contribution in [0.3, 0.4) is 0 Å². The molecule has 0 aromatic rings. The van der Waals surface area contributed by atoms with Gasteiger partial charge in [0.15, 0.2) is 0 Å². The Morgan fingerprint density at radius 3 is 2.79 bits per heavy atom. The van der Waals surface area contributed by atoms with Crippen molar-refractivity contribution >= 4 is 27.8 Å². The number of esters is 1. The molecule has 0 heterocycles. The van der Waals surface area contributed by atoms with Crippen LogP contribution in [0.25, 0.3) is 0 Å². The summed E-state index contributed by atoms with van der Waals surface area (Å²) in [5.74, 6) is 0.388. The second kappa shape index (κ2) is 7.50. The first-order valence-corrected chi connectivity index (χ1v) is 9.59. The van der Waals surface area contributed by atoms with E-state index in [-0.39, 0.29) is 29.6 Å². The SMILES string of the molecule is CCOC(=O)[C@@H]1C[C@H]1CS(=O)(=O)NC(C)CCSC. The Bertz CT molecular complexity index is 397. The molecule has 7 heteroatoms. The molecule has 0 saturated heterocycles. The van der Waals surface area contributed by atoms with Crippen molar-refractivity contribution < 1.29 is 17.9 Å². The molecule has 1 saturated carbocycles. The number of thioether (sulfide) groups is 1. The maximum Gasteiger partial charge on any atom is 0.309 e. The van der Waals surface area contributed by atoms with Crippen molar-refractivity contribution in [1.29, 1.82) is 0 Å². The number of carbonyl (C=O) groups is 1. The van der Waals surface area contributed by atoms with Crippen LogP contribution in [0, 0.1) is 11.8 Å². The monoisotopic (exact) mass is 309 g/mol. The fraction of sp³-hybridized carbons (Fsp3) is 0.917. The summed E-state index contributed by atoms with van der Waals surface area (Å²) in [5.41, 5.74) is 0. The van der Waals surface area contributed by atoms with E-state index in [4.69, 9.17) is 4.74 Å². The molecule has 19 heavy (non-hydrogen) atoms. The number of hydrogen-bond donors (Lipinski definition) is 1. The van der Waals surface area contributed by atoms with Gasteiger partial charge in [-0.05, 0) is 44.6 Å². The third-order valence-electron chi connectivity index (χ3n) is 3.08. The summed E-state index contributed by atoms with van der Waals surface area (Å²) in [5, 5.41) is 0. The Balaban J connectivity index is 2.34. The normalized spacial score (nSPS) is 23.9. The van der Waals surface area contributed by atoms with E-state index in [0.717, 1.165) is 12.2 Å². The van der Waals surface area contributed by atoms with E-state index in [0.29, 0.717) is 13.0 Å². The molecule has 5 nitrogen and oxygen atoms in total. The van der Waals surface area contributed by atoms with Crippen LogP contribution < -0.4 is 4.72 Å². The highest BCUT2D eigenvalue weighted by Gasteiger charge is 2.46. The fourth-order valence-corrected chi connectivity index (χ4v) is 4.31. The van der Waals surface area contributed by atoms with Gasteiger partial charge in [-0.15, -0.1) is 0 Å². The van der Waals surface area contributed by atoms with Gasteiger partial charge in [0, 0.05) is 6.04 Å². The molecule has 0 amide bonds. The number of sulfonamides is 1. The zero-order chi connectivity index (χ0) is 14.5. The van der Waals surface area contributed by atoms with Crippen LogP contribution in [-0.2, 0) is 19.6 Å². The Morgan fingerprint density at radius 2 is 2.21 bits per heavy atom. The van der Waals surface area contributed by atoms with Crippen LogP contribution in [0.15, 0.2) is 0 Å². The summed E-state index contributed by atoms with van der Waals surface area (Å²) in [4.78, 5) is 11.4. The molecule has 1 fully saturated rings. The largest absolute Gasteiger partial charge is 0.466 e. The summed E-state index contributed by atoms with van der Waals surface area (Å²) >= 11 is 1.70. The molecule has 1 aliphatic rings. The average molecular weight is 309 g/mol. The van der Waals surface area contributed by atoms with Crippen molar-refractivity contribution in [3.8, 4) is 0 Å². The first-order valence-electron chi connectivity index (χ1n) is 6.55. The fourth-order valence-electron chi connectivity index (χ4n) is 1.96. The van der Waals surface area contributed by atoms with E-state index < -0.39 is 10.0 Å². The van der Waals surface area contributed by atoms with E-state index in [9.17, 15) is 13.2 Å². The minimum atomic E-state index is -3.30. The van der Waals surface area contributed by atoms with Crippen molar-refractivity contribution in [2.75, 3.05) is 24.4 Å². The number of rotatable bonds is 9. The van der Waals surface area contributed by atoms with Gasteiger partial charge in [-0.2, -0.15) is 11.8 Å². The summed E-state index contributed by atoms with van der Waals surface area (Å²) in [6.45, 7) is 3.96. The molecular weight excluding hydrogens is 286 g/mol. The van der Waals surface area contributed by atoms with E-state index in [2.05, 4.69) is 4.72 Å². The van der Waals surface area contributed by atoms with Gasteiger partial charge >= 0.3 is 5.97 Å². The molecule has 112 valence electrons. The molecule has 3 atom stereocenters. The summed E-state index contributed by atoms with van der Waals surface area (Å²) < 4.78 is 31.4. The van der Waals surface area contributed by atoms with Crippen LogP contribution in [0.1, 0.15) is 26.7 Å². The minimum absolute atomic E-state index is 0.0279. The van der Waals surface area contributed by atoms with E-state index in [1.165, 1.54) is 0 Å². The maximum absolute atomic E-state index is 11.9. The highest BCUT2D eigenvalue weighted by Crippen LogP contribution is 2.40. The molecular formula is C12H23NO4S2. The van der Waals surface area contributed by atoms with E-state index in [1.54, 1.807) is 18.7 Å². The molecule has 0 aromatic carbocycles. The van der Waals surface area contributed by atoms with E-state index in [1.807, 2.05) is 13.2 Å². The third kappa shape index (κ3) is 6.14. The van der Waals surface area contributed by atoms with Gasteiger partial charge in [0.25, 0.3) is 0 Å². The molecule has 1 aliphatic carbocycles. The van der Waals surface area contributed by atoms with Crippen LogP contribution in [-0.4, -0.2) is 44.8 Å². The molecule has 1 rings (SSSR count). The molecule has 0 aliphatic heterocycles. The standard InChI is InChI=1S/C12H23NO4S2/c1-4-17-12(14)11-7-10(11)8-19(15,16)13-9(2)5-6-18-3/h9-11,13H,4-8H2,1-3H3/t9?,10-,11+/m0/s1. The van der Waals surface area contributed by atoms with Crippen molar-refractivity contribution in [2.24, 2.45) is 11.8 Å². The number of carbonyl (C=O) groups excluding carboxylic acids is 1. The lowest BCUT2D eigenvalue weighted by Crippen LogP contribution is -2.35. The maximum atomic E-state index is 11.9. The van der Waals surface area contributed by atoms with Crippen LogP contribution in [0.2, 0.25) is 0 Å². The predicted molar refractivity (Wildman–Crippen MR) is 77.6 cm³/mol. The zero-order valence-electron chi connectivity index (χ0n) is 11.7. The average Bonchev–Trinajstić information content (AvgIpc) is 3.04. The van der Waals surface area contributed by atoms with Crippen molar-refractivity contribution in [1.82, 2.24) is 4.72 Å². The smallest absolute Gasteiger partial charge is 0.309 e. The van der Waals surface area contributed by atoms with Gasteiger partial charge in [-0.25, -0.2) is 13.1 Å². The highest BCUT2D eigenvalue weighted by atomic mass is 32.2.